The molecular formula is C21H25N3O4S2. The third-order valence-electron chi connectivity index (χ3n) is 5.07. The second-order valence-electron chi connectivity index (χ2n) is 7.25. The molecule has 1 amide bonds. The minimum Gasteiger partial charge on any atom is -0.497 e. The van der Waals surface area contributed by atoms with E-state index in [1.165, 1.54) is 4.31 Å². The first-order chi connectivity index (χ1) is 14.3. The maximum atomic E-state index is 12.8. The van der Waals surface area contributed by atoms with E-state index in [1.54, 1.807) is 55.6 Å². The first-order valence-corrected chi connectivity index (χ1v) is 11.5. The molecule has 0 unspecified atom stereocenters. The van der Waals surface area contributed by atoms with Gasteiger partial charge in [-0.3, -0.25) is 10.1 Å². The van der Waals surface area contributed by atoms with Crippen LogP contribution in [0.5, 0.6) is 5.75 Å². The number of benzene rings is 2. The Balaban J connectivity index is 1.59. The number of rotatable bonds is 5. The van der Waals surface area contributed by atoms with Crippen LogP contribution in [0.2, 0.25) is 0 Å². The highest BCUT2D eigenvalue weighted by molar-refractivity contribution is 7.89. The van der Waals surface area contributed by atoms with E-state index in [4.69, 9.17) is 17.0 Å². The van der Waals surface area contributed by atoms with E-state index >= 15 is 0 Å². The highest BCUT2D eigenvalue weighted by atomic mass is 32.2. The summed E-state index contributed by atoms with van der Waals surface area (Å²) < 4.78 is 32.2. The highest BCUT2D eigenvalue weighted by Gasteiger charge is 2.27. The number of piperidine rings is 1. The summed E-state index contributed by atoms with van der Waals surface area (Å²) in [5.74, 6) is 0.854. The number of methoxy groups -OCH3 is 1. The van der Waals surface area contributed by atoms with E-state index in [0.29, 0.717) is 36.0 Å². The number of nitrogens with one attached hydrogen (secondary N) is 2. The Morgan fingerprint density at radius 3 is 2.23 bits per heavy atom. The number of ether oxygens (including phenoxy) is 1. The van der Waals surface area contributed by atoms with Crippen molar-refractivity contribution >= 4 is 38.9 Å². The molecule has 0 saturated carbocycles. The Morgan fingerprint density at radius 2 is 1.67 bits per heavy atom. The van der Waals surface area contributed by atoms with E-state index in [0.717, 1.165) is 12.8 Å². The molecule has 1 saturated heterocycles. The normalized spacial score (nSPS) is 15.4. The SMILES string of the molecule is COc1ccc(C(=O)NC(=S)Nc2ccc(S(=O)(=O)N3CCC(C)CC3)cc2)cc1. The number of thiocarbonyl (C=S) groups is 1. The van der Waals surface area contributed by atoms with Crippen molar-refractivity contribution in [1.82, 2.24) is 9.62 Å². The van der Waals surface area contributed by atoms with Crippen molar-refractivity contribution in [3.8, 4) is 5.75 Å². The molecule has 0 radical (unpaired) electrons. The summed E-state index contributed by atoms with van der Waals surface area (Å²) in [4.78, 5) is 12.5. The average molecular weight is 448 g/mol. The number of carbonyl (C=O) groups is 1. The van der Waals surface area contributed by atoms with Crippen LogP contribution in [-0.2, 0) is 10.0 Å². The Morgan fingerprint density at radius 1 is 1.07 bits per heavy atom. The quantitative estimate of drug-likeness (QED) is 0.684. The maximum absolute atomic E-state index is 12.8. The van der Waals surface area contributed by atoms with Gasteiger partial charge in [-0.25, -0.2) is 8.42 Å². The lowest BCUT2D eigenvalue weighted by molar-refractivity contribution is 0.0977. The van der Waals surface area contributed by atoms with Crippen LogP contribution in [0.1, 0.15) is 30.1 Å². The molecule has 0 bridgehead atoms. The van der Waals surface area contributed by atoms with Gasteiger partial charge in [0.2, 0.25) is 10.0 Å². The Labute approximate surface area is 182 Å². The molecule has 0 aliphatic carbocycles. The van der Waals surface area contributed by atoms with Gasteiger partial charge in [0.25, 0.3) is 5.91 Å². The Kier molecular flexibility index (Phi) is 7.06. The number of carbonyl (C=O) groups excluding carboxylic acids is 1. The van der Waals surface area contributed by atoms with Crippen molar-refractivity contribution in [3.05, 3.63) is 54.1 Å². The molecule has 1 aliphatic heterocycles. The predicted octanol–water partition coefficient (Wildman–Crippen LogP) is 3.24. The minimum absolute atomic E-state index is 0.122. The second kappa shape index (κ2) is 9.55. The van der Waals surface area contributed by atoms with Crippen LogP contribution in [0.3, 0.4) is 0 Å². The van der Waals surface area contributed by atoms with Crippen molar-refractivity contribution in [3.63, 3.8) is 0 Å². The van der Waals surface area contributed by atoms with Gasteiger partial charge in [0.05, 0.1) is 12.0 Å². The fourth-order valence-corrected chi connectivity index (χ4v) is 4.84. The van der Waals surface area contributed by atoms with Gasteiger partial charge >= 0.3 is 0 Å². The lowest BCUT2D eigenvalue weighted by Gasteiger charge is -2.29. The summed E-state index contributed by atoms with van der Waals surface area (Å²) in [7, 11) is -1.95. The smallest absolute Gasteiger partial charge is 0.257 e. The van der Waals surface area contributed by atoms with Crippen LogP contribution in [0.15, 0.2) is 53.4 Å². The first-order valence-electron chi connectivity index (χ1n) is 9.66. The number of nitrogens with zero attached hydrogens (tertiary/aromatic N) is 1. The molecule has 9 heteroatoms. The number of amides is 1. The third kappa shape index (κ3) is 5.35. The topological polar surface area (TPSA) is 87.7 Å². The molecular weight excluding hydrogens is 422 g/mol. The summed E-state index contributed by atoms with van der Waals surface area (Å²) in [5.41, 5.74) is 1.03. The van der Waals surface area contributed by atoms with Crippen molar-refractivity contribution in [2.45, 2.75) is 24.7 Å². The predicted molar refractivity (Wildman–Crippen MR) is 120 cm³/mol. The standard InChI is InChI=1S/C21H25N3O4S2/c1-15-11-13-24(14-12-15)30(26,27)19-9-5-17(6-10-19)22-21(29)23-20(25)16-3-7-18(28-2)8-4-16/h3-10,15H,11-14H2,1-2H3,(H2,22,23,25,29). The van der Waals surface area contributed by atoms with E-state index in [1.807, 2.05) is 0 Å². The molecule has 7 nitrogen and oxygen atoms in total. The van der Waals surface area contributed by atoms with Crippen LogP contribution in [0.4, 0.5) is 5.69 Å². The summed E-state index contributed by atoms with van der Waals surface area (Å²) in [6.07, 6.45) is 1.75. The summed E-state index contributed by atoms with van der Waals surface area (Å²) in [5, 5.41) is 5.61. The van der Waals surface area contributed by atoms with Crippen LogP contribution in [-0.4, -0.2) is 43.9 Å². The van der Waals surface area contributed by atoms with E-state index < -0.39 is 10.0 Å². The molecule has 0 atom stereocenters. The monoisotopic (exact) mass is 447 g/mol. The number of anilines is 1. The molecule has 0 aromatic heterocycles. The fourth-order valence-electron chi connectivity index (χ4n) is 3.16. The fraction of sp³-hybridized carbons (Fsp3) is 0.333. The van der Waals surface area contributed by atoms with Gasteiger partial charge in [0.1, 0.15) is 5.75 Å². The van der Waals surface area contributed by atoms with Crippen molar-refractivity contribution in [2.75, 3.05) is 25.5 Å². The molecule has 0 spiro atoms. The number of hydrogen-bond donors (Lipinski definition) is 2. The molecule has 2 aromatic carbocycles. The highest BCUT2D eigenvalue weighted by Crippen LogP contribution is 2.24. The minimum atomic E-state index is -3.50. The molecule has 3 rings (SSSR count). The van der Waals surface area contributed by atoms with Crippen LogP contribution in [0, 0.1) is 5.92 Å². The van der Waals surface area contributed by atoms with E-state index in [9.17, 15) is 13.2 Å². The van der Waals surface area contributed by atoms with Crippen molar-refractivity contribution in [2.24, 2.45) is 5.92 Å². The molecule has 1 heterocycles. The van der Waals surface area contributed by atoms with Crippen molar-refractivity contribution in [1.29, 1.82) is 0 Å². The lowest BCUT2D eigenvalue weighted by Crippen LogP contribution is -2.37. The van der Waals surface area contributed by atoms with Gasteiger partial charge in [-0.05, 0) is 79.5 Å². The number of hydrogen-bond acceptors (Lipinski definition) is 5. The van der Waals surface area contributed by atoms with Gasteiger partial charge in [0.15, 0.2) is 5.11 Å². The molecule has 1 fully saturated rings. The molecule has 2 N–H and O–H groups in total. The summed E-state index contributed by atoms with van der Waals surface area (Å²) in [6.45, 7) is 3.23. The van der Waals surface area contributed by atoms with Gasteiger partial charge < -0.3 is 10.1 Å². The molecule has 160 valence electrons. The van der Waals surface area contributed by atoms with E-state index in [2.05, 4.69) is 17.6 Å². The molecule has 2 aromatic rings. The zero-order chi connectivity index (χ0) is 21.7. The zero-order valence-electron chi connectivity index (χ0n) is 16.9. The summed E-state index contributed by atoms with van der Waals surface area (Å²) >= 11 is 5.19. The van der Waals surface area contributed by atoms with Crippen LogP contribution < -0.4 is 15.4 Å². The number of sulfonamides is 1. The first kappa shape index (κ1) is 22.2. The summed E-state index contributed by atoms with van der Waals surface area (Å²) in [6, 6.07) is 13.0. The Bertz CT molecular complexity index is 998. The lowest BCUT2D eigenvalue weighted by atomic mass is 10.0. The Hall–Kier alpha value is -2.49. The second-order valence-corrected chi connectivity index (χ2v) is 9.59. The van der Waals surface area contributed by atoms with Crippen LogP contribution >= 0.6 is 12.2 Å². The zero-order valence-corrected chi connectivity index (χ0v) is 18.6. The van der Waals surface area contributed by atoms with Gasteiger partial charge in [-0.2, -0.15) is 4.31 Å². The third-order valence-corrected chi connectivity index (χ3v) is 7.19. The maximum Gasteiger partial charge on any atom is 0.257 e. The van der Waals surface area contributed by atoms with Crippen molar-refractivity contribution < 1.29 is 17.9 Å². The van der Waals surface area contributed by atoms with Gasteiger partial charge in [-0.15, -0.1) is 0 Å². The largest absolute Gasteiger partial charge is 0.497 e. The average Bonchev–Trinajstić information content (AvgIpc) is 2.74. The molecule has 1 aliphatic rings. The van der Waals surface area contributed by atoms with E-state index in [-0.39, 0.29) is 15.9 Å². The molecule has 30 heavy (non-hydrogen) atoms. The van der Waals surface area contributed by atoms with Gasteiger partial charge in [0, 0.05) is 24.3 Å². The van der Waals surface area contributed by atoms with Gasteiger partial charge in [-0.1, -0.05) is 6.92 Å². The van der Waals surface area contributed by atoms with Crippen LogP contribution in [0.25, 0.3) is 0 Å².